The molecular formula is C6H9N5O2S. The normalized spacial score (nSPS) is 31.1. The average molecular weight is 215 g/mol. The summed E-state index contributed by atoms with van der Waals surface area (Å²) in [5, 5.41) is 7.27. The first-order valence-corrected chi connectivity index (χ1v) is 5.24. The zero-order chi connectivity index (χ0) is 10.8. The highest BCUT2D eigenvalue weighted by atomic mass is 32.2. The quantitative estimate of drug-likeness (QED) is 0.284. The summed E-state index contributed by atoms with van der Waals surface area (Å²) in [5.41, 5.74) is 12.4. The summed E-state index contributed by atoms with van der Waals surface area (Å²) in [5.74, 6) is 0. The minimum Gasteiger partial charge on any atom is -0.314 e. The Morgan fingerprint density at radius 1 is 1.43 bits per heavy atom. The minimum absolute atomic E-state index is 0.909. The number of rotatable bonds is 2. The van der Waals surface area contributed by atoms with Crippen LogP contribution in [0.5, 0.6) is 0 Å². The van der Waals surface area contributed by atoms with Crippen LogP contribution in [-0.2, 0) is 10.0 Å². The van der Waals surface area contributed by atoms with Crippen LogP contribution in [0, 0.1) is 0 Å². The molecule has 0 unspecified atom stereocenters. The Bertz CT molecular complexity index is 417. The van der Waals surface area contributed by atoms with Crippen LogP contribution in [0.4, 0.5) is 0 Å². The molecule has 14 heavy (non-hydrogen) atoms. The summed E-state index contributed by atoms with van der Waals surface area (Å²) in [6, 6.07) is 0. The maximum Gasteiger partial charge on any atom is 0.219 e. The van der Waals surface area contributed by atoms with Gasteiger partial charge in [-0.3, -0.25) is 0 Å². The minimum atomic E-state index is -3.65. The maximum atomic E-state index is 10.9. The summed E-state index contributed by atoms with van der Waals surface area (Å²) in [6.07, 6.45) is 5.15. The molecule has 1 rings (SSSR count). The molecule has 0 aliphatic heterocycles. The largest absolute Gasteiger partial charge is 0.314 e. The predicted octanol–water partition coefficient (Wildman–Crippen LogP) is -0.265. The molecule has 0 aromatic heterocycles. The van der Waals surface area contributed by atoms with Gasteiger partial charge in [-0.05, 0) is 5.53 Å². The van der Waals surface area contributed by atoms with E-state index >= 15 is 0 Å². The monoisotopic (exact) mass is 215 g/mol. The Hall–Kier alpha value is -1.34. The lowest BCUT2D eigenvalue weighted by Gasteiger charge is -2.20. The third-order valence-electron chi connectivity index (χ3n) is 1.70. The van der Waals surface area contributed by atoms with E-state index in [4.69, 9.17) is 16.4 Å². The number of azide groups is 1. The molecule has 0 atom stereocenters. The second-order valence-electron chi connectivity index (χ2n) is 2.85. The van der Waals surface area contributed by atoms with Gasteiger partial charge >= 0.3 is 0 Å². The fourth-order valence-electron chi connectivity index (χ4n) is 0.981. The highest BCUT2D eigenvalue weighted by Gasteiger charge is 2.24. The fraction of sp³-hybridized carbons (Fsp3) is 0.333. The van der Waals surface area contributed by atoms with E-state index in [1.807, 2.05) is 0 Å². The van der Waals surface area contributed by atoms with E-state index in [9.17, 15) is 8.42 Å². The van der Waals surface area contributed by atoms with Crippen LogP contribution in [0.15, 0.2) is 29.4 Å². The number of hydrogen-bond donors (Lipinski definition) is 2. The Morgan fingerprint density at radius 3 is 2.29 bits per heavy atom. The molecule has 1 aliphatic carbocycles. The van der Waals surface area contributed by atoms with Crippen molar-refractivity contribution >= 4 is 10.0 Å². The van der Waals surface area contributed by atoms with Crippen molar-refractivity contribution < 1.29 is 8.42 Å². The first kappa shape index (κ1) is 10.7. The van der Waals surface area contributed by atoms with Gasteiger partial charge in [0.1, 0.15) is 10.9 Å². The second-order valence-corrected chi connectivity index (χ2v) is 4.57. The smallest absolute Gasteiger partial charge is 0.219 e. The maximum absolute atomic E-state index is 10.9. The van der Waals surface area contributed by atoms with Crippen molar-refractivity contribution in [2.24, 2.45) is 16.0 Å². The molecule has 0 aromatic carbocycles. The van der Waals surface area contributed by atoms with Gasteiger partial charge in [0.15, 0.2) is 0 Å². The van der Waals surface area contributed by atoms with E-state index in [2.05, 4.69) is 10.0 Å². The number of nitrogens with zero attached hydrogens (tertiary/aromatic N) is 3. The van der Waals surface area contributed by atoms with Gasteiger partial charge in [-0.1, -0.05) is 29.4 Å². The standard InChI is InChI=1S/C6H9N5O2S/c7-6(10-11-8)3-1-5(2-4-6)14(9,12)13/h1-5H,7H2,(H2,9,12,13). The molecule has 0 saturated carbocycles. The van der Waals surface area contributed by atoms with Crippen molar-refractivity contribution in [2.45, 2.75) is 10.9 Å². The average Bonchev–Trinajstić information content (AvgIpc) is 2.03. The van der Waals surface area contributed by atoms with E-state index in [0.717, 1.165) is 0 Å². The highest BCUT2D eigenvalue weighted by molar-refractivity contribution is 7.90. The lowest BCUT2D eigenvalue weighted by atomic mass is 10.1. The van der Waals surface area contributed by atoms with Crippen LogP contribution in [0.2, 0.25) is 0 Å². The lowest BCUT2D eigenvalue weighted by Crippen LogP contribution is -2.37. The summed E-state index contributed by atoms with van der Waals surface area (Å²) >= 11 is 0. The Labute approximate surface area is 80.8 Å². The first-order valence-electron chi connectivity index (χ1n) is 3.63. The summed E-state index contributed by atoms with van der Waals surface area (Å²) < 4.78 is 21.8. The molecular weight excluding hydrogens is 206 g/mol. The van der Waals surface area contributed by atoms with Gasteiger partial charge in [-0.15, -0.1) is 0 Å². The van der Waals surface area contributed by atoms with Gasteiger partial charge in [-0.25, -0.2) is 13.6 Å². The van der Waals surface area contributed by atoms with Crippen molar-refractivity contribution in [1.29, 1.82) is 0 Å². The van der Waals surface area contributed by atoms with Crippen LogP contribution in [0.1, 0.15) is 0 Å². The summed E-state index contributed by atoms with van der Waals surface area (Å²) in [4.78, 5) is 2.54. The molecule has 0 fully saturated rings. The Balaban J connectivity index is 2.96. The third-order valence-corrected chi connectivity index (χ3v) is 2.78. The first-order chi connectivity index (χ1) is 6.37. The SMILES string of the molecule is [N-]=[N+]=NC1(N)C=CC(S(N)(=O)=O)C=C1. The predicted molar refractivity (Wildman–Crippen MR) is 51.2 cm³/mol. The van der Waals surface area contributed by atoms with Crippen molar-refractivity contribution in [3.05, 3.63) is 34.7 Å². The van der Waals surface area contributed by atoms with Crippen molar-refractivity contribution in [3.8, 4) is 0 Å². The lowest BCUT2D eigenvalue weighted by molar-refractivity contribution is 0.593. The van der Waals surface area contributed by atoms with E-state index in [-0.39, 0.29) is 0 Å². The van der Waals surface area contributed by atoms with Gasteiger partial charge in [0, 0.05) is 4.91 Å². The Morgan fingerprint density at radius 2 is 1.93 bits per heavy atom. The van der Waals surface area contributed by atoms with Crippen molar-refractivity contribution in [1.82, 2.24) is 0 Å². The molecule has 0 amide bonds. The second kappa shape index (κ2) is 3.43. The molecule has 8 heteroatoms. The fourth-order valence-corrected chi connectivity index (χ4v) is 1.58. The highest BCUT2D eigenvalue weighted by Crippen LogP contribution is 2.17. The van der Waals surface area contributed by atoms with Gasteiger partial charge < -0.3 is 5.73 Å². The zero-order valence-corrected chi connectivity index (χ0v) is 7.92. The number of primary sulfonamides is 1. The van der Waals surface area contributed by atoms with Crippen molar-refractivity contribution in [3.63, 3.8) is 0 Å². The third kappa shape index (κ3) is 2.33. The molecule has 4 N–H and O–H groups in total. The van der Waals surface area contributed by atoms with Crippen LogP contribution in [-0.4, -0.2) is 19.3 Å². The molecule has 0 spiro atoms. The number of sulfonamides is 1. The van der Waals surface area contributed by atoms with E-state index in [1.165, 1.54) is 24.3 Å². The van der Waals surface area contributed by atoms with Gasteiger partial charge in [0.2, 0.25) is 10.0 Å². The molecule has 0 heterocycles. The Kier molecular flexibility index (Phi) is 2.63. The van der Waals surface area contributed by atoms with Gasteiger partial charge in [-0.2, -0.15) is 0 Å². The summed E-state index contributed by atoms with van der Waals surface area (Å²) in [6.45, 7) is 0. The van der Waals surface area contributed by atoms with Crippen LogP contribution in [0.3, 0.4) is 0 Å². The molecule has 0 radical (unpaired) electrons. The van der Waals surface area contributed by atoms with Gasteiger partial charge in [0.05, 0.1) is 0 Å². The molecule has 0 saturated heterocycles. The van der Waals surface area contributed by atoms with Crippen molar-refractivity contribution in [2.75, 3.05) is 0 Å². The van der Waals surface area contributed by atoms with E-state index in [1.54, 1.807) is 0 Å². The number of nitrogens with two attached hydrogens (primary N) is 2. The molecule has 76 valence electrons. The van der Waals surface area contributed by atoms with E-state index < -0.39 is 20.9 Å². The van der Waals surface area contributed by atoms with Crippen LogP contribution >= 0.6 is 0 Å². The topological polar surface area (TPSA) is 135 Å². The molecule has 0 bridgehead atoms. The van der Waals surface area contributed by atoms with Crippen LogP contribution < -0.4 is 10.9 Å². The van der Waals surface area contributed by atoms with E-state index in [0.29, 0.717) is 0 Å². The molecule has 1 aliphatic rings. The van der Waals surface area contributed by atoms with Crippen LogP contribution in [0.25, 0.3) is 10.4 Å². The molecule has 0 aromatic rings. The summed E-state index contributed by atoms with van der Waals surface area (Å²) in [7, 11) is -3.65. The van der Waals surface area contributed by atoms with Gasteiger partial charge in [0.25, 0.3) is 0 Å². The number of hydrogen-bond acceptors (Lipinski definition) is 4. The molecule has 7 nitrogen and oxygen atoms in total. The zero-order valence-electron chi connectivity index (χ0n) is 7.11.